The molecule has 0 saturated heterocycles. The largest absolute Gasteiger partial charge is 0.494 e. The molecule has 23 heavy (non-hydrogen) atoms. The average molecular weight is 523 g/mol. The average Bonchev–Trinajstić information content (AvgIpc) is 2.36. The van der Waals surface area contributed by atoms with Gasteiger partial charge in [-0.15, -0.1) is 0 Å². The maximum atomic E-state index is 13.0. The second kappa shape index (κ2) is 6.99. The number of alkyl halides is 7. The Morgan fingerprint density at radius 3 is 2.17 bits per heavy atom. The summed E-state index contributed by atoms with van der Waals surface area (Å²) in [6, 6.07) is -2.85. The zero-order valence-electron chi connectivity index (χ0n) is 11.0. The minimum Gasteiger partial charge on any atom is -0.494 e. The number of methoxy groups -OCH3 is 1. The fraction of sp³-hybridized carbons (Fsp3) is 0.364. The van der Waals surface area contributed by atoms with Gasteiger partial charge in [-0.3, -0.25) is 0 Å². The van der Waals surface area contributed by atoms with Gasteiger partial charge in [0.2, 0.25) is 0 Å². The van der Waals surface area contributed by atoms with Crippen LogP contribution in [0.25, 0.3) is 0 Å². The fourth-order valence-electron chi connectivity index (χ4n) is 1.29. The molecule has 130 valence electrons. The number of hydrogen-bond acceptors (Lipinski definition) is 3. The molecule has 1 aromatic carbocycles. The van der Waals surface area contributed by atoms with E-state index >= 15 is 0 Å². The van der Waals surface area contributed by atoms with Crippen LogP contribution in [-0.4, -0.2) is 31.5 Å². The summed E-state index contributed by atoms with van der Waals surface area (Å²) in [5, 5.41) is 2.76. The number of benzene rings is 1. The van der Waals surface area contributed by atoms with E-state index in [1.807, 2.05) is 22.6 Å². The number of ether oxygens (including phenoxy) is 1. The van der Waals surface area contributed by atoms with E-state index in [4.69, 9.17) is 4.74 Å². The van der Waals surface area contributed by atoms with E-state index in [0.29, 0.717) is 25.4 Å². The standard InChI is InChI=1S/C11H7BrF7IN2O/c1-23-8-6(12)2-5(3-7(8)20)4-21-22-11(18,19)9(13,14)10(15,16)17/h2-4,22H,1H3/b21-4+. The van der Waals surface area contributed by atoms with Crippen LogP contribution in [0.3, 0.4) is 0 Å². The highest BCUT2D eigenvalue weighted by Crippen LogP contribution is 2.45. The molecular formula is C11H7BrF7IN2O. The SMILES string of the molecule is COc1c(Br)cc(/C=N/NC(F)(F)C(F)(F)C(F)(F)F)cc1I. The molecule has 0 fully saturated rings. The van der Waals surface area contributed by atoms with Gasteiger partial charge in [0.05, 0.1) is 21.4 Å². The van der Waals surface area contributed by atoms with Crippen LogP contribution in [0.5, 0.6) is 5.75 Å². The Balaban J connectivity index is 2.96. The smallest absolute Gasteiger partial charge is 0.462 e. The summed E-state index contributed by atoms with van der Waals surface area (Å²) in [6.07, 6.45) is -5.75. The molecule has 0 amide bonds. The van der Waals surface area contributed by atoms with Gasteiger partial charge in [0.25, 0.3) is 0 Å². The number of rotatable bonds is 5. The maximum absolute atomic E-state index is 13.0. The van der Waals surface area contributed by atoms with Crippen molar-refractivity contribution in [2.45, 2.75) is 18.1 Å². The molecule has 0 spiro atoms. The second-order valence-corrected chi connectivity index (χ2v) is 6.05. The summed E-state index contributed by atoms with van der Waals surface area (Å²) in [5.74, 6) is -5.84. The molecule has 1 N–H and O–H groups in total. The lowest BCUT2D eigenvalue weighted by atomic mass is 10.2. The quantitative estimate of drug-likeness (QED) is 0.199. The number of nitrogens with one attached hydrogen (secondary N) is 1. The first-order valence-corrected chi connectivity index (χ1v) is 7.36. The predicted octanol–water partition coefficient (Wildman–Crippen LogP) is 4.78. The molecule has 0 aromatic heterocycles. The van der Waals surface area contributed by atoms with Gasteiger partial charge in [0.1, 0.15) is 5.75 Å². The highest BCUT2D eigenvalue weighted by atomic mass is 127. The lowest BCUT2D eigenvalue weighted by Crippen LogP contribution is -2.58. The third-order valence-electron chi connectivity index (χ3n) is 2.39. The van der Waals surface area contributed by atoms with Crippen molar-refractivity contribution in [3.05, 3.63) is 25.7 Å². The second-order valence-electron chi connectivity index (χ2n) is 4.03. The van der Waals surface area contributed by atoms with E-state index in [1.165, 1.54) is 19.2 Å². The summed E-state index contributed by atoms with van der Waals surface area (Å²) in [6.45, 7) is 0. The van der Waals surface area contributed by atoms with Crippen LogP contribution in [0.4, 0.5) is 30.7 Å². The predicted molar refractivity (Wildman–Crippen MR) is 80.1 cm³/mol. The van der Waals surface area contributed by atoms with Gasteiger partial charge >= 0.3 is 18.1 Å². The van der Waals surface area contributed by atoms with Crippen LogP contribution in [0.2, 0.25) is 0 Å². The van der Waals surface area contributed by atoms with Gasteiger partial charge in [-0.25, -0.2) is 5.43 Å². The van der Waals surface area contributed by atoms with Crippen molar-refractivity contribution in [3.63, 3.8) is 0 Å². The molecule has 0 radical (unpaired) electrons. The molecule has 1 rings (SSSR count). The molecule has 0 bridgehead atoms. The van der Waals surface area contributed by atoms with Gasteiger partial charge in [-0.05, 0) is 56.2 Å². The number of halogens is 9. The Labute approximate surface area is 147 Å². The normalized spacial score (nSPS) is 13.5. The van der Waals surface area contributed by atoms with Gasteiger partial charge < -0.3 is 4.74 Å². The molecule has 0 aliphatic rings. The highest BCUT2D eigenvalue weighted by Gasteiger charge is 2.73. The molecule has 0 aliphatic carbocycles. The Hall–Kier alpha value is -0.790. The fourth-order valence-corrected chi connectivity index (χ4v) is 3.17. The van der Waals surface area contributed by atoms with Gasteiger partial charge in [0.15, 0.2) is 0 Å². The summed E-state index contributed by atoms with van der Waals surface area (Å²) in [5.41, 5.74) is 0.706. The van der Waals surface area contributed by atoms with Gasteiger partial charge in [-0.2, -0.15) is 35.8 Å². The molecule has 0 aliphatic heterocycles. The molecular weight excluding hydrogens is 516 g/mol. The van der Waals surface area contributed by atoms with Crippen molar-refractivity contribution in [2.75, 3.05) is 7.11 Å². The Morgan fingerprint density at radius 1 is 1.17 bits per heavy atom. The molecule has 0 saturated carbocycles. The van der Waals surface area contributed by atoms with Crippen molar-refractivity contribution in [1.29, 1.82) is 0 Å². The third-order valence-corrected chi connectivity index (χ3v) is 3.78. The molecule has 1 aromatic rings. The monoisotopic (exact) mass is 522 g/mol. The van der Waals surface area contributed by atoms with E-state index in [-0.39, 0.29) is 5.56 Å². The van der Waals surface area contributed by atoms with E-state index in [9.17, 15) is 30.7 Å². The molecule has 0 atom stereocenters. The summed E-state index contributed by atoms with van der Waals surface area (Å²) in [7, 11) is 1.39. The first-order valence-electron chi connectivity index (χ1n) is 5.49. The van der Waals surface area contributed by atoms with E-state index in [1.54, 1.807) is 0 Å². The molecule has 3 nitrogen and oxygen atoms in total. The zero-order valence-corrected chi connectivity index (χ0v) is 14.7. The van der Waals surface area contributed by atoms with Crippen molar-refractivity contribution in [3.8, 4) is 5.75 Å². The minimum atomic E-state index is -6.42. The Morgan fingerprint density at radius 2 is 1.74 bits per heavy atom. The van der Waals surface area contributed by atoms with Crippen LogP contribution >= 0.6 is 38.5 Å². The van der Waals surface area contributed by atoms with Crippen molar-refractivity contribution >= 4 is 44.7 Å². The summed E-state index contributed by atoms with van der Waals surface area (Å²) >= 11 is 4.97. The van der Waals surface area contributed by atoms with Crippen molar-refractivity contribution in [1.82, 2.24) is 5.43 Å². The molecule has 0 unspecified atom stereocenters. The van der Waals surface area contributed by atoms with Crippen LogP contribution in [0, 0.1) is 3.57 Å². The van der Waals surface area contributed by atoms with Crippen LogP contribution in [0.15, 0.2) is 21.7 Å². The Bertz CT molecular complexity index is 584. The number of nitrogens with zero attached hydrogens (tertiary/aromatic N) is 1. The topological polar surface area (TPSA) is 33.6 Å². The zero-order chi connectivity index (χ0) is 18.1. The molecule has 12 heteroatoms. The third kappa shape index (κ3) is 4.39. The van der Waals surface area contributed by atoms with Crippen molar-refractivity contribution in [2.24, 2.45) is 5.10 Å². The summed E-state index contributed by atoms with van der Waals surface area (Å²) in [4.78, 5) is 0. The number of hydrogen-bond donors (Lipinski definition) is 1. The van der Waals surface area contributed by atoms with Crippen LogP contribution in [0.1, 0.15) is 5.56 Å². The van der Waals surface area contributed by atoms with Crippen LogP contribution in [-0.2, 0) is 0 Å². The maximum Gasteiger partial charge on any atom is 0.462 e. The molecule has 0 heterocycles. The number of hydrazone groups is 1. The van der Waals surface area contributed by atoms with E-state index in [2.05, 4.69) is 21.0 Å². The van der Waals surface area contributed by atoms with Gasteiger partial charge in [-0.1, -0.05) is 0 Å². The van der Waals surface area contributed by atoms with Crippen molar-refractivity contribution < 1.29 is 35.5 Å². The van der Waals surface area contributed by atoms with E-state index < -0.39 is 18.1 Å². The lowest BCUT2D eigenvalue weighted by Gasteiger charge is -2.27. The minimum absolute atomic E-state index is 0.167. The summed E-state index contributed by atoms with van der Waals surface area (Å²) < 4.78 is 92.9. The van der Waals surface area contributed by atoms with E-state index in [0.717, 1.165) is 0 Å². The Kier molecular flexibility index (Phi) is 6.15. The highest BCUT2D eigenvalue weighted by molar-refractivity contribution is 14.1. The van der Waals surface area contributed by atoms with Crippen LogP contribution < -0.4 is 10.2 Å². The van der Waals surface area contributed by atoms with Gasteiger partial charge in [0, 0.05) is 0 Å². The first-order chi connectivity index (χ1) is 10.3. The first kappa shape index (κ1) is 20.3. The lowest BCUT2D eigenvalue weighted by molar-refractivity contribution is -0.361.